The first-order valence-corrected chi connectivity index (χ1v) is 11.8. The van der Waals surface area contributed by atoms with Gasteiger partial charge in [-0.2, -0.15) is 5.10 Å². The van der Waals surface area contributed by atoms with Crippen LogP contribution in [0.25, 0.3) is 21.8 Å². The lowest BCUT2D eigenvalue weighted by Crippen LogP contribution is -2.21. The van der Waals surface area contributed by atoms with Gasteiger partial charge in [-0.3, -0.25) is 9.69 Å². The predicted octanol–water partition coefficient (Wildman–Crippen LogP) is 4.62. The Kier molecular flexibility index (Phi) is 4.83. The molecule has 1 N–H and O–H groups in total. The first-order valence-electron chi connectivity index (χ1n) is 11.8. The first kappa shape index (κ1) is 19.7. The van der Waals surface area contributed by atoms with Crippen molar-refractivity contribution in [2.45, 2.75) is 51.1 Å². The summed E-state index contributed by atoms with van der Waals surface area (Å²) in [6.07, 6.45) is 6.39. The Hall–Kier alpha value is -2.99. The summed E-state index contributed by atoms with van der Waals surface area (Å²) in [7, 11) is 0. The average Bonchev–Trinajstić information content (AvgIpc) is 3.53. The van der Waals surface area contributed by atoms with Crippen LogP contribution in [0.1, 0.15) is 56.0 Å². The topological polar surface area (TPSA) is 66.8 Å². The number of likely N-dealkylation sites (tertiary alicyclic amines) is 1. The fourth-order valence-electron chi connectivity index (χ4n) is 5.69. The van der Waals surface area contributed by atoms with E-state index in [4.69, 9.17) is 4.98 Å². The number of fused-ring (bicyclic) bond motifs is 2. The summed E-state index contributed by atoms with van der Waals surface area (Å²) >= 11 is 0. The second-order valence-corrected chi connectivity index (χ2v) is 9.68. The van der Waals surface area contributed by atoms with E-state index in [1.807, 2.05) is 4.68 Å². The van der Waals surface area contributed by atoms with Crippen LogP contribution in [0.2, 0.25) is 0 Å². The molecule has 0 radical (unpaired) electrons. The molecular weight excluding hydrogens is 398 g/mol. The maximum atomic E-state index is 12.8. The van der Waals surface area contributed by atoms with E-state index in [2.05, 4.69) is 64.4 Å². The number of benzene rings is 2. The number of nitrogens with zero attached hydrogens (tertiary/aromatic N) is 4. The molecule has 2 aromatic carbocycles. The predicted molar refractivity (Wildman–Crippen MR) is 127 cm³/mol. The minimum Gasteiger partial charge on any atom is -0.310 e. The fraction of sp³-hybridized carbons (Fsp3) is 0.423. The number of H-pyrrole nitrogens is 1. The molecule has 32 heavy (non-hydrogen) atoms. The molecule has 2 aliphatic rings. The highest BCUT2D eigenvalue weighted by Crippen LogP contribution is 2.33. The summed E-state index contributed by atoms with van der Waals surface area (Å²) in [5.41, 5.74) is 2.03. The van der Waals surface area contributed by atoms with Crippen LogP contribution in [0.4, 0.5) is 0 Å². The molecular formula is C26H29N5O. The molecule has 6 rings (SSSR count). The lowest BCUT2D eigenvalue weighted by Gasteiger charge is -2.17. The molecule has 0 amide bonds. The summed E-state index contributed by atoms with van der Waals surface area (Å²) in [4.78, 5) is 23.4. The molecule has 2 fully saturated rings. The molecule has 0 bridgehead atoms. The van der Waals surface area contributed by atoms with Crippen LogP contribution in [0.3, 0.4) is 0 Å². The Morgan fingerprint density at radius 2 is 1.88 bits per heavy atom. The number of aromatic amines is 1. The van der Waals surface area contributed by atoms with Gasteiger partial charge in [-0.15, -0.1) is 0 Å². The van der Waals surface area contributed by atoms with E-state index < -0.39 is 0 Å². The van der Waals surface area contributed by atoms with Crippen LogP contribution in [0.5, 0.6) is 0 Å². The molecule has 6 nitrogen and oxygen atoms in total. The van der Waals surface area contributed by atoms with E-state index in [1.165, 1.54) is 29.2 Å². The zero-order valence-electron chi connectivity index (χ0n) is 18.5. The molecule has 1 aliphatic carbocycles. The van der Waals surface area contributed by atoms with Gasteiger partial charge in [0.25, 0.3) is 5.56 Å². The Morgan fingerprint density at radius 3 is 2.72 bits per heavy atom. The van der Waals surface area contributed by atoms with Crippen LogP contribution in [0.15, 0.2) is 53.5 Å². The van der Waals surface area contributed by atoms with Crippen LogP contribution in [-0.4, -0.2) is 37.7 Å². The van der Waals surface area contributed by atoms with Gasteiger partial charge in [-0.1, -0.05) is 56.2 Å². The third-order valence-electron chi connectivity index (χ3n) is 7.41. The average molecular weight is 428 g/mol. The highest BCUT2D eigenvalue weighted by atomic mass is 16.1. The summed E-state index contributed by atoms with van der Waals surface area (Å²) in [5.74, 6) is 1.47. The van der Waals surface area contributed by atoms with Crippen molar-refractivity contribution in [2.24, 2.45) is 5.92 Å². The van der Waals surface area contributed by atoms with Crippen LogP contribution < -0.4 is 5.56 Å². The highest BCUT2D eigenvalue weighted by Gasteiger charge is 2.33. The standard InChI is InChI=1S/C26H29N5O/c1-17-14-30(15-18-10-11-19-6-2-3-7-20(19)12-18)16-23(17)24-28-25-22(26(32)29-24)13-27-31(25)21-8-4-5-9-21/h2-3,6-7,10-13,17,21,23H,4-5,8-9,14-16H2,1H3,(H,28,29,32)/t17-,23-/m1/s1. The van der Waals surface area contributed by atoms with Gasteiger partial charge in [0.2, 0.25) is 0 Å². The molecule has 1 aliphatic heterocycles. The summed E-state index contributed by atoms with van der Waals surface area (Å²) in [6.45, 7) is 5.09. The Bertz CT molecular complexity index is 1330. The van der Waals surface area contributed by atoms with Crippen molar-refractivity contribution >= 4 is 21.8 Å². The van der Waals surface area contributed by atoms with Gasteiger partial charge in [0.1, 0.15) is 11.2 Å². The van der Waals surface area contributed by atoms with E-state index >= 15 is 0 Å². The normalized spacial score (nSPS) is 22.4. The number of nitrogens with one attached hydrogen (secondary N) is 1. The number of hydrogen-bond donors (Lipinski definition) is 1. The third-order valence-corrected chi connectivity index (χ3v) is 7.41. The van der Waals surface area contributed by atoms with Crippen molar-refractivity contribution in [1.29, 1.82) is 0 Å². The lowest BCUT2D eigenvalue weighted by molar-refractivity contribution is 0.318. The van der Waals surface area contributed by atoms with Gasteiger partial charge in [-0.25, -0.2) is 9.67 Å². The second kappa shape index (κ2) is 7.85. The van der Waals surface area contributed by atoms with Gasteiger partial charge in [0.05, 0.1) is 12.2 Å². The summed E-state index contributed by atoms with van der Waals surface area (Å²) in [6, 6.07) is 15.6. The first-order chi connectivity index (χ1) is 15.7. The monoisotopic (exact) mass is 427 g/mol. The fourth-order valence-corrected chi connectivity index (χ4v) is 5.69. The molecule has 0 spiro atoms. The Balaban J connectivity index is 1.27. The molecule has 1 saturated carbocycles. The summed E-state index contributed by atoms with van der Waals surface area (Å²) < 4.78 is 2.01. The maximum Gasteiger partial charge on any atom is 0.262 e. The van der Waals surface area contributed by atoms with Crippen molar-refractivity contribution < 1.29 is 0 Å². The number of aromatic nitrogens is 4. The third kappa shape index (κ3) is 3.43. The van der Waals surface area contributed by atoms with Crippen molar-refractivity contribution in [3.63, 3.8) is 0 Å². The zero-order chi connectivity index (χ0) is 21.7. The van der Waals surface area contributed by atoms with Crippen LogP contribution >= 0.6 is 0 Å². The van der Waals surface area contributed by atoms with Crippen molar-refractivity contribution in [3.05, 3.63) is 70.4 Å². The maximum absolute atomic E-state index is 12.8. The molecule has 6 heteroatoms. The Labute approximate surface area is 187 Å². The van der Waals surface area contributed by atoms with Crippen molar-refractivity contribution in [3.8, 4) is 0 Å². The SMILES string of the molecule is C[C@@H]1CN(Cc2ccc3ccccc3c2)C[C@H]1c1nc2c(cnn2C2CCCC2)c(=O)[nH]1. The van der Waals surface area contributed by atoms with E-state index in [1.54, 1.807) is 6.20 Å². The molecule has 2 atom stereocenters. The van der Waals surface area contributed by atoms with E-state index in [0.29, 0.717) is 17.3 Å². The minimum atomic E-state index is -0.0607. The number of hydrogen-bond acceptors (Lipinski definition) is 4. The molecule has 3 heterocycles. The minimum absolute atomic E-state index is 0.0607. The van der Waals surface area contributed by atoms with Crippen molar-refractivity contribution in [2.75, 3.05) is 13.1 Å². The van der Waals surface area contributed by atoms with Gasteiger partial charge in [-0.05, 0) is 41.2 Å². The van der Waals surface area contributed by atoms with Gasteiger partial charge >= 0.3 is 0 Å². The van der Waals surface area contributed by atoms with E-state index in [-0.39, 0.29) is 11.5 Å². The summed E-state index contributed by atoms with van der Waals surface area (Å²) in [5, 5.41) is 7.71. The zero-order valence-corrected chi connectivity index (χ0v) is 18.5. The lowest BCUT2D eigenvalue weighted by atomic mass is 9.97. The number of rotatable bonds is 4. The molecule has 2 aromatic heterocycles. The van der Waals surface area contributed by atoms with Crippen molar-refractivity contribution in [1.82, 2.24) is 24.6 Å². The van der Waals surface area contributed by atoms with Gasteiger partial charge < -0.3 is 4.98 Å². The molecule has 4 aromatic rings. The Morgan fingerprint density at radius 1 is 1.06 bits per heavy atom. The second-order valence-electron chi connectivity index (χ2n) is 9.68. The quantitative estimate of drug-likeness (QED) is 0.516. The van der Waals surface area contributed by atoms with Gasteiger partial charge in [0.15, 0.2) is 5.65 Å². The largest absolute Gasteiger partial charge is 0.310 e. The van der Waals surface area contributed by atoms with E-state index in [9.17, 15) is 4.79 Å². The van der Waals surface area contributed by atoms with E-state index in [0.717, 1.165) is 43.9 Å². The molecule has 164 valence electrons. The van der Waals surface area contributed by atoms with Gasteiger partial charge in [0, 0.05) is 25.6 Å². The highest BCUT2D eigenvalue weighted by molar-refractivity contribution is 5.83. The molecule has 0 unspecified atom stereocenters. The van der Waals surface area contributed by atoms with Crippen LogP contribution in [-0.2, 0) is 6.54 Å². The van der Waals surface area contributed by atoms with Crippen LogP contribution in [0, 0.1) is 5.92 Å². The molecule has 1 saturated heterocycles. The smallest absolute Gasteiger partial charge is 0.262 e.